The molecule has 9 heteroatoms. The lowest BCUT2D eigenvalue weighted by molar-refractivity contribution is -0.147. The predicted octanol–water partition coefficient (Wildman–Crippen LogP) is -1.16. The van der Waals surface area contributed by atoms with Crippen molar-refractivity contribution in [1.82, 2.24) is 19.8 Å². The molecule has 8 nitrogen and oxygen atoms in total. The Bertz CT molecular complexity index is 565. The Kier molecular flexibility index (Phi) is 3.18. The predicted molar refractivity (Wildman–Crippen MR) is 59.7 cm³/mol. The van der Waals surface area contributed by atoms with E-state index in [9.17, 15) is 18.0 Å². The number of imide groups is 1. The van der Waals surface area contributed by atoms with E-state index in [0.29, 0.717) is 0 Å². The minimum Gasteiger partial charge on any atom is -0.284 e. The van der Waals surface area contributed by atoms with E-state index in [-0.39, 0.29) is 23.6 Å². The lowest BCUT2D eigenvalue weighted by Gasteiger charge is -2.27. The first kappa shape index (κ1) is 12.7. The highest BCUT2D eigenvalue weighted by Gasteiger charge is 2.34. The molecule has 0 aliphatic carbocycles. The highest BCUT2D eigenvalue weighted by Crippen LogP contribution is 2.14. The van der Waals surface area contributed by atoms with Crippen LogP contribution < -0.4 is 4.72 Å². The van der Waals surface area contributed by atoms with Gasteiger partial charge in [0.1, 0.15) is 10.9 Å². The highest BCUT2D eigenvalue weighted by atomic mass is 32.2. The van der Waals surface area contributed by atoms with E-state index in [2.05, 4.69) is 14.9 Å². The van der Waals surface area contributed by atoms with Crippen molar-refractivity contribution in [2.24, 2.45) is 0 Å². The zero-order chi connectivity index (χ0) is 13.3. The third-order valence-corrected chi connectivity index (χ3v) is 4.17. The Labute approximate surface area is 103 Å². The van der Waals surface area contributed by atoms with Gasteiger partial charge in [0, 0.05) is 19.7 Å². The average Bonchev–Trinajstić information content (AvgIpc) is 2.84. The minimum absolute atomic E-state index is 0.0464. The summed E-state index contributed by atoms with van der Waals surface area (Å²) >= 11 is 0. The monoisotopic (exact) mass is 272 g/mol. The lowest BCUT2D eigenvalue weighted by atomic mass is 10.1. The number of nitrogens with one attached hydrogen (secondary N) is 2. The van der Waals surface area contributed by atoms with Crippen molar-refractivity contribution in [2.45, 2.75) is 23.8 Å². The first-order chi connectivity index (χ1) is 8.42. The normalized spacial score (nSPS) is 21.4. The lowest BCUT2D eigenvalue weighted by Crippen LogP contribution is -2.52. The van der Waals surface area contributed by atoms with Crippen molar-refractivity contribution in [2.75, 3.05) is 7.05 Å². The smallest absolute Gasteiger partial charge is 0.247 e. The maximum atomic E-state index is 11.9. The molecule has 0 saturated carbocycles. The van der Waals surface area contributed by atoms with E-state index in [1.165, 1.54) is 13.2 Å². The third-order valence-electron chi connectivity index (χ3n) is 2.73. The second-order valence-electron chi connectivity index (χ2n) is 3.94. The van der Waals surface area contributed by atoms with Crippen LogP contribution in [0.15, 0.2) is 17.3 Å². The molecule has 1 unspecified atom stereocenters. The van der Waals surface area contributed by atoms with Crippen molar-refractivity contribution >= 4 is 21.8 Å². The molecule has 2 heterocycles. The molecule has 2 N–H and O–H groups in total. The molecule has 1 aromatic heterocycles. The van der Waals surface area contributed by atoms with Crippen LogP contribution in [0.3, 0.4) is 0 Å². The van der Waals surface area contributed by atoms with Crippen molar-refractivity contribution in [3.8, 4) is 0 Å². The largest absolute Gasteiger partial charge is 0.284 e. The summed E-state index contributed by atoms with van der Waals surface area (Å²) < 4.78 is 26.0. The number of nitrogens with zero attached hydrogens (tertiary/aromatic N) is 2. The van der Waals surface area contributed by atoms with E-state index in [1.54, 1.807) is 0 Å². The van der Waals surface area contributed by atoms with Gasteiger partial charge in [-0.05, 0) is 6.42 Å². The number of hydrogen-bond acceptors (Lipinski definition) is 5. The molecule has 0 aromatic carbocycles. The van der Waals surface area contributed by atoms with Crippen LogP contribution in [0.2, 0.25) is 0 Å². The van der Waals surface area contributed by atoms with E-state index >= 15 is 0 Å². The van der Waals surface area contributed by atoms with Crippen molar-refractivity contribution in [1.29, 1.82) is 0 Å². The summed E-state index contributed by atoms with van der Waals surface area (Å²) in [5.41, 5.74) is 0. The molecule has 2 rings (SSSR count). The number of amides is 2. The summed E-state index contributed by atoms with van der Waals surface area (Å²) in [5, 5.41) is 5.92. The Morgan fingerprint density at radius 1 is 1.50 bits per heavy atom. The van der Waals surface area contributed by atoms with Crippen molar-refractivity contribution in [3.05, 3.63) is 12.4 Å². The Hall–Kier alpha value is -1.74. The van der Waals surface area contributed by atoms with Gasteiger partial charge in [-0.2, -0.15) is 9.82 Å². The molecule has 2 amide bonds. The number of sulfonamides is 1. The first-order valence-corrected chi connectivity index (χ1v) is 6.71. The maximum Gasteiger partial charge on any atom is 0.247 e. The fraction of sp³-hybridized carbons (Fsp3) is 0.444. The molecule has 1 aromatic rings. The molecule has 1 aliphatic heterocycles. The van der Waals surface area contributed by atoms with E-state index in [1.807, 2.05) is 0 Å². The Balaban J connectivity index is 2.15. The molecule has 18 heavy (non-hydrogen) atoms. The van der Waals surface area contributed by atoms with Crippen LogP contribution in [0.1, 0.15) is 12.8 Å². The molecule has 98 valence electrons. The van der Waals surface area contributed by atoms with Gasteiger partial charge >= 0.3 is 0 Å². The molecule has 1 atom stereocenters. The van der Waals surface area contributed by atoms with Crippen LogP contribution in [-0.2, 0) is 19.6 Å². The van der Waals surface area contributed by atoms with Crippen LogP contribution in [0.4, 0.5) is 0 Å². The van der Waals surface area contributed by atoms with E-state index in [0.717, 1.165) is 11.1 Å². The maximum absolute atomic E-state index is 11.9. The van der Waals surface area contributed by atoms with Gasteiger partial charge in [-0.1, -0.05) is 0 Å². The molecule has 1 fully saturated rings. The van der Waals surface area contributed by atoms with Gasteiger partial charge in [-0.15, -0.1) is 0 Å². The average molecular weight is 272 g/mol. The molecule has 0 bridgehead atoms. The highest BCUT2D eigenvalue weighted by molar-refractivity contribution is 7.89. The number of H-pyrrole nitrogens is 1. The van der Waals surface area contributed by atoms with Gasteiger partial charge in [0.25, 0.3) is 0 Å². The molecule has 1 aliphatic rings. The van der Waals surface area contributed by atoms with Gasteiger partial charge in [0.05, 0.1) is 6.20 Å². The van der Waals surface area contributed by atoms with E-state index < -0.39 is 22.0 Å². The summed E-state index contributed by atoms with van der Waals surface area (Å²) in [6, 6.07) is -0.910. The second-order valence-corrected chi connectivity index (χ2v) is 5.65. The number of likely N-dealkylation sites (tertiary alicyclic amines) is 1. The molecular weight excluding hydrogens is 260 g/mol. The summed E-state index contributed by atoms with van der Waals surface area (Å²) in [6.45, 7) is 0. The fourth-order valence-electron chi connectivity index (χ4n) is 1.67. The number of hydrogen-bond donors (Lipinski definition) is 2. The summed E-state index contributed by atoms with van der Waals surface area (Å²) in [7, 11) is -2.46. The number of likely N-dealkylation sites (N-methyl/N-ethyl adjacent to an activating group) is 1. The molecule has 1 saturated heterocycles. The van der Waals surface area contributed by atoms with Gasteiger partial charge in [-0.25, -0.2) is 8.42 Å². The third kappa shape index (κ3) is 2.27. The van der Waals surface area contributed by atoms with Crippen LogP contribution in [0.5, 0.6) is 0 Å². The van der Waals surface area contributed by atoms with Gasteiger partial charge in [0.15, 0.2) is 0 Å². The topological polar surface area (TPSA) is 112 Å². The Morgan fingerprint density at radius 3 is 2.83 bits per heavy atom. The van der Waals surface area contributed by atoms with Crippen LogP contribution in [0, 0.1) is 0 Å². The number of carbonyl (C=O) groups is 2. The van der Waals surface area contributed by atoms with Gasteiger partial charge in [0.2, 0.25) is 21.8 Å². The fourth-order valence-corrected chi connectivity index (χ4v) is 2.79. The number of piperidine rings is 1. The standard InChI is InChI=1S/C9H12N4O4S/c1-13-8(14)3-2-7(9(13)15)12-18(16,17)6-4-10-11-5-6/h4-5,7,12H,2-3H2,1H3,(H,10,11). The van der Waals surface area contributed by atoms with Gasteiger partial charge < -0.3 is 0 Å². The first-order valence-electron chi connectivity index (χ1n) is 5.23. The molecule has 0 radical (unpaired) electrons. The SMILES string of the molecule is CN1C(=O)CCC(NS(=O)(=O)c2cn[nH]c2)C1=O. The zero-order valence-electron chi connectivity index (χ0n) is 9.58. The second kappa shape index (κ2) is 4.50. The summed E-state index contributed by atoms with van der Waals surface area (Å²) in [4.78, 5) is 23.9. The van der Waals surface area contributed by atoms with Crippen molar-refractivity contribution < 1.29 is 18.0 Å². The van der Waals surface area contributed by atoms with Crippen molar-refractivity contribution in [3.63, 3.8) is 0 Å². The van der Waals surface area contributed by atoms with E-state index in [4.69, 9.17) is 0 Å². The molecule has 0 spiro atoms. The summed E-state index contributed by atoms with van der Waals surface area (Å²) in [6.07, 6.45) is 2.66. The molecular formula is C9H12N4O4S. The van der Waals surface area contributed by atoms with Gasteiger partial charge in [-0.3, -0.25) is 19.6 Å². The minimum atomic E-state index is -3.79. The van der Waals surface area contributed by atoms with Crippen LogP contribution in [0.25, 0.3) is 0 Å². The van der Waals surface area contributed by atoms with Crippen LogP contribution in [-0.4, -0.2) is 48.4 Å². The number of aromatic amines is 1. The summed E-state index contributed by atoms with van der Waals surface area (Å²) in [5.74, 6) is -0.850. The number of rotatable bonds is 3. The number of carbonyl (C=O) groups excluding carboxylic acids is 2. The zero-order valence-corrected chi connectivity index (χ0v) is 10.4. The van der Waals surface area contributed by atoms with Crippen LogP contribution >= 0.6 is 0 Å². The number of aromatic nitrogens is 2. The Morgan fingerprint density at radius 2 is 2.22 bits per heavy atom. The quantitative estimate of drug-likeness (QED) is 0.674.